The number of nitrogens with zero attached hydrogens (tertiary/aromatic N) is 2. The van der Waals surface area contributed by atoms with E-state index in [2.05, 4.69) is 16.1 Å². The first-order valence-corrected chi connectivity index (χ1v) is 19.2. The molecule has 57 heavy (non-hydrogen) atoms. The van der Waals surface area contributed by atoms with Crippen LogP contribution in [0.15, 0.2) is 84.5 Å². The maximum atomic E-state index is 14.3. The highest BCUT2D eigenvalue weighted by Crippen LogP contribution is 2.25. The average Bonchev–Trinajstić information content (AvgIpc) is 3.19. The minimum atomic E-state index is -1.34. The first kappa shape index (κ1) is 46.3. The fraction of sp³-hybridized carbons (Fsp3) is 0.500. The molecule has 0 aliphatic carbocycles. The number of carbonyl (C=O) groups excluding carboxylic acids is 5. The van der Waals surface area contributed by atoms with Gasteiger partial charge in [0.05, 0.1) is 25.2 Å². The zero-order valence-electron chi connectivity index (χ0n) is 33.8. The Morgan fingerprint density at radius 2 is 1.86 bits per heavy atom. The number of phenolic OH excluding ortho intramolecular Hbond substituents is 1. The summed E-state index contributed by atoms with van der Waals surface area (Å²) in [5, 5.41) is 40.7. The van der Waals surface area contributed by atoms with Crippen molar-refractivity contribution in [2.75, 3.05) is 20.7 Å². The number of amides is 4. The number of rotatable bonds is 8. The molecule has 2 unspecified atom stereocenters. The van der Waals surface area contributed by atoms with E-state index in [0.29, 0.717) is 18.4 Å². The molecule has 6 N–H and O–H groups in total. The Labute approximate surface area is 335 Å². The highest BCUT2D eigenvalue weighted by molar-refractivity contribution is 5.93. The molecule has 1 fully saturated rings. The minimum Gasteiger partial charge on any atom is -0.508 e. The molecule has 2 aliphatic heterocycles. The van der Waals surface area contributed by atoms with Gasteiger partial charge in [-0.1, -0.05) is 81.5 Å². The van der Waals surface area contributed by atoms with E-state index in [-0.39, 0.29) is 30.7 Å². The molecule has 1 aromatic rings. The van der Waals surface area contributed by atoms with E-state index >= 15 is 0 Å². The number of allylic oxidation sites excluding steroid dienone is 6. The summed E-state index contributed by atoms with van der Waals surface area (Å²) in [7, 11) is 2.83. The SMILES string of the molecule is C/C=C/C[C@H]1C(=O)N[C@@H](C(C)C)C(=O)NC(c2cccc(O)c2)C(=O)N2CCCC(N2)C(=O)O[C@H](/C(C)=C/C=C/C(=O)N(C)OC)C/C=C/C=C/[C@H](O)[C@H](C)[C@H]1O. The standard InChI is InChI=1S/C42H59N5O10/c1-8-9-19-31-38(51)28(5)33(49)21-11-10-12-22-34(27(4)16-13-23-35(50)46(6)56-7)57-42(55)32-20-15-24-47(45-32)41(54)37(29-17-14-18-30(48)25-29)44-40(53)36(26(2)3)43-39(31)52/h8-14,16-18,21,23,25-26,28,31-34,36-38,45,48-49,51H,15,19-20,22,24H2,1-7H3,(H,43,52)(H,44,53)/b9-8+,12-10+,21-11+,23-13+,27-16+/t28-,31+,32?,33-,34-,36-,37?,38+/m0/s1. The normalized spacial score (nSPS) is 28.9. The van der Waals surface area contributed by atoms with Crippen molar-refractivity contribution in [1.29, 1.82) is 0 Å². The number of aliphatic hydroxyl groups is 2. The van der Waals surface area contributed by atoms with Gasteiger partial charge in [-0.05, 0) is 62.3 Å². The molecule has 1 saturated heterocycles. The van der Waals surface area contributed by atoms with Crippen LogP contribution >= 0.6 is 0 Å². The van der Waals surface area contributed by atoms with Gasteiger partial charge in [0.1, 0.15) is 30.0 Å². The Morgan fingerprint density at radius 3 is 2.53 bits per heavy atom. The van der Waals surface area contributed by atoms with Crippen LogP contribution in [0.1, 0.15) is 71.9 Å². The maximum Gasteiger partial charge on any atom is 0.325 e. The van der Waals surface area contributed by atoms with Crippen LogP contribution < -0.4 is 16.1 Å². The fourth-order valence-corrected chi connectivity index (χ4v) is 6.31. The zero-order valence-corrected chi connectivity index (χ0v) is 33.8. The van der Waals surface area contributed by atoms with Crippen molar-refractivity contribution in [1.82, 2.24) is 26.1 Å². The number of esters is 1. The summed E-state index contributed by atoms with van der Waals surface area (Å²) in [6.07, 6.45) is 12.2. The number of nitrogens with one attached hydrogen (secondary N) is 3. The second kappa shape index (κ2) is 22.6. The molecule has 2 heterocycles. The van der Waals surface area contributed by atoms with Gasteiger partial charge in [0.15, 0.2) is 0 Å². The van der Waals surface area contributed by atoms with Crippen LogP contribution in [0.25, 0.3) is 0 Å². The first-order valence-electron chi connectivity index (χ1n) is 19.2. The number of hydroxylamine groups is 2. The molecular weight excluding hydrogens is 734 g/mol. The van der Waals surface area contributed by atoms with Crippen molar-refractivity contribution >= 4 is 29.6 Å². The lowest BCUT2D eigenvalue weighted by Crippen LogP contribution is -2.59. The summed E-state index contributed by atoms with van der Waals surface area (Å²) in [5.41, 5.74) is 3.84. The van der Waals surface area contributed by atoms with Gasteiger partial charge in [-0.25, -0.2) is 10.5 Å². The zero-order chi connectivity index (χ0) is 42.2. The summed E-state index contributed by atoms with van der Waals surface area (Å²) in [5.74, 6) is -5.42. The van der Waals surface area contributed by atoms with Crippen LogP contribution in [-0.4, -0.2) is 106 Å². The topological polar surface area (TPSA) is 207 Å². The van der Waals surface area contributed by atoms with E-state index in [9.17, 15) is 39.3 Å². The van der Waals surface area contributed by atoms with E-state index < -0.39 is 83.8 Å². The number of hydrogen-bond acceptors (Lipinski definition) is 11. The number of hydrazine groups is 1. The smallest absolute Gasteiger partial charge is 0.325 e. The van der Waals surface area contributed by atoms with Crippen LogP contribution in [0.2, 0.25) is 0 Å². The van der Waals surface area contributed by atoms with Crippen molar-refractivity contribution in [3.05, 3.63) is 90.1 Å². The molecule has 312 valence electrons. The molecule has 2 bridgehead atoms. The maximum absolute atomic E-state index is 14.3. The molecule has 8 atom stereocenters. The number of benzene rings is 1. The molecule has 2 aliphatic rings. The van der Waals surface area contributed by atoms with Gasteiger partial charge < -0.3 is 30.7 Å². The van der Waals surface area contributed by atoms with Gasteiger partial charge in [0.25, 0.3) is 11.8 Å². The number of likely N-dealkylation sites (N-methyl/N-ethyl adjacent to an activating group) is 1. The predicted molar refractivity (Wildman–Crippen MR) is 213 cm³/mol. The Bertz CT molecular complexity index is 1700. The van der Waals surface area contributed by atoms with Crippen molar-refractivity contribution in [2.24, 2.45) is 17.8 Å². The van der Waals surface area contributed by atoms with Crippen LogP contribution in [0.3, 0.4) is 0 Å². The van der Waals surface area contributed by atoms with E-state index in [1.165, 1.54) is 55.6 Å². The molecule has 0 aromatic heterocycles. The highest BCUT2D eigenvalue weighted by Gasteiger charge is 2.38. The third-order valence-electron chi connectivity index (χ3n) is 10.0. The quantitative estimate of drug-likeness (QED) is 0.0742. The van der Waals surface area contributed by atoms with Crippen molar-refractivity contribution < 1.29 is 48.9 Å². The summed E-state index contributed by atoms with van der Waals surface area (Å²) >= 11 is 0. The third-order valence-corrected chi connectivity index (χ3v) is 10.0. The number of carbonyl (C=O) groups is 5. The van der Waals surface area contributed by atoms with Gasteiger partial charge in [0, 0.05) is 32.0 Å². The Balaban J connectivity index is 2.08. The average molecular weight is 794 g/mol. The molecule has 0 saturated carbocycles. The lowest BCUT2D eigenvalue weighted by atomic mass is 9.85. The Hall–Kier alpha value is -5.09. The Kier molecular flexibility index (Phi) is 18.4. The van der Waals surface area contributed by atoms with E-state index in [4.69, 9.17) is 9.57 Å². The molecule has 0 radical (unpaired) electrons. The second-order valence-electron chi connectivity index (χ2n) is 14.6. The minimum absolute atomic E-state index is 0.127. The molecule has 15 heteroatoms. The number of phenols is 1. The van der Waals surface area contributed by atoms with E-state index in [0.717, 1.165) is 5.06 Å². The van der Waals surface area contributed by atoms with Crippen molar-refractivity contribution in [3.8, 4) is 5.75 Å². The lowest BCUT2D eigenvalue weighted by molar-refractivity contribution is -0.162. The number of aromatic hydroxyl groups is 1. The number of ether oxygens (including phenoxy) is 1. The number of hydrogen-bond donors (Lipinski definition) is 6. The number of fused-ring (bicyclic) bond motifs is 2. The summed E-state index contributed by atoms with van der Waals surface area (Å²) < 4.78 is 5.99. The number of cyclic esters (lactones) is 1. The summed E-state index contributed by atoms with van der Waals surface area (Å²) in [6.45, 7) is 8.78. The molecule has 3 rings (SSSR count). The third kappa shape index (κ3) is 13.5. The number of aliphatic hydroxyl groups excluding tert-OH is 2. The van der Waals surface area contributed by atoms with Crippen LogP contribution in [0, 0.1) is 17.8 Å². The predicted octanol–water partition coefficient (Wildman–Crippen LogP) is 3.08. The fourth-order valence-electron chi connectivity index (χ4n) is 6.31. The second-order valence-corrected chi connectivity index (χ2v) is 14.6. The van der Waals surface area contributed by atoms with Crippen molar-refractivity contribution in [2.45, 2.75) is 96.7 Å². The molecule has 1 aromatic carbocycles. The van der Waals surface area contributed by atoms with Gasteiger partial charge in [-0.2, -0.15) is 0 Å². The molecular formula is C42H59N5O10. The summed E-state index contributed by atoms with van der Waals surface area (Å²) in [4.78, 5) is 73.0. The largest absolute Gasteiger partial charge is 0.508 e. The van der Waals surface area contributed by atoms with Crippen molar-refractivity contribution in [3.63, 3.8) is 0 Å². The van der Waals surface area contributed by atoms with Gasteiger partial charge in [0.2, 0.25) is 11.8 Å². The van der Waals surface area contributed by atoms with Gasteiger partial charge in [-0.15, -0.1) is 0 Å². The van der Waals surface area contributed by atoms with E-state index in [1.54, 1.807) is 77.1 Å². The highest BCUT2D eigenvalue weighted by atomic mass is 16.7. The van der Waals surface area contributed by atoms with E-state index in [1.807, 2.05) is 0 Å². The van der Waals surface area contributed by atoms with Crippen LogP contribution in [-0.2, 0) is 33.5 Å². The summed E-state index contributed by atoms with van der Waals surface area (Å²) in [6, 6.07) is 2.44. The molecule has 4 amide bonds. The van der Waals surface area contributed by atoms with Crippen LogP contribution in [0.5, 0.6) is 5.75 Å². The monoisotopic (exact) mass is 793 g/mol. The van der Waals surface area contributed by atoms with Gasteiger partial charge >= 0.3 is 5.97 Å². The Morgan fingerprint density at radius 1 is 1.12 bits per heavy atom. The van der Waals surface area contributed by atoms with Gasteiger partial charge in [-0.3, -0.25) is 33.8 Å². The molecule has 0 spiro atoms. The first-order chi connectivity index (χ1) is 27.1. The lowest BCUT2D eigenvalue weighted by Gasteiger charge is -2.36. The van der Waals surface area contributed by atoms with Crippen LogP contribution in [0.4, 0.5) is 0 Å². The molecule has 15 nitrogen and oxygen atoms in total.